The lowest BCUT2D eigenvalue weighted by atomic mass is 10.1. The van der Waals surface area contributed by atoms with E-state index in [4.69, 9.17) is 0 Å². The summed E-state index contributed by atoms with van der Waals surface area (Å²) in [6.45, 7) is 2.17. The molecule has 0 aliphatic rings. The lowest BCUT2D eigenvalue weighted by Gasteiger charge is -2.09. The number of aromatic nitrogens is 1. The number of aliphatic hydroxyl groups is 1. The van der Waals surface area contributed by atoms with Crippen LogP contribution in [0, 0.1) is 6.92 Å². The molecule has 0 fully saturated rings. The zero-order chi connectivity index (χ0) is 13.7. The van der Waals surface area contributed by atoms with Crippen molar-refractivity contribution in [3.8, 4) is 0 Å². The molecule has 2 N–H and O–H groups in total. The summed E-state index contributed by atoms with van der Waals surface area (Å²) >= 11 is 0. The normalized spacial score (nSPS) is 10.2. The number of nitrogens with one attached hydrogen (secondary N) is 1. The second-order valence-electron chi connectivity index (χ2n) is 4.25. The molecule has 4 nitrogen and oxygen atoms in total. The molecule has 1 amide bonds. The molecule has 98 valence electrons. The van der Waals surface area contributed by atoms with Crippen LogP contribution in [0.15, 0.2) is 42.6 Å². The van der Waals surface area contributed by atoms with Crippen molar-refractivity contribution in [2.45, 2.75) is 20.1 Å². The van der Waals surface area contributed by atoms with Gasteiger partial charge in [0, 0.05) is 18.4 Å². The quantitative estimate of drug-likeness (QED) is 0.877. The zero-order valence-electron chi connectivity index (χ0n) is 10.8. The minimum Gasteiger partial charge on any atom is -0.392 e. The van der Waals surface area contributed by atoms with Crippen LogP contribution >= 0.6 is 0 Å². The van der Waals surface area contributed by atoms with Crippen molar-refractivity contribution in [2.75, 3.05) is 0 Å². The van der Waals surface area contributed by atoms with E-state index in [-0.39, 0.29) is 12.5 Å². The first kappa shape index (κ1) is 13.2. The fraction of sp³-hybridized carbons (Fsp3) is 0.200. The van der Waals surface area contributed by atoms with Gasteiger partial charge in [-0.05, 0) is 30.2 Å². The average Bonchev–Trinajstić information content (AvgIpc) is 2.45. The maximum atomic E-state index is 12.0. The summed E-state index contributed by atoms with van der Waals surface area (Å²) in [5, 5.41) is 12.1. The van der Waals surface area contributed by atoms with Crippen LogP contribution in [0.4, 0.5) is 0 Å². The fourth-order valence-corrected chi connectivity index (χ4v) is 1.88. The largest absolute Gasteiger partial charge is 0.392 e. The van der Waals surface area contributed by atoms with E-state index in [9.17, 15) is 9.90 Å². The molecule has 0 aliphatic heterocycles. The number of hydrogen-bond donors (Lipinski definition) is 2. The van der Waals surface area contributed by atoms with E-state index < -0.39 is 0 Å². The summed E-state index contributed by atoms with van der Waals surface area (Å²) in [7, 11) is 0. The number of aliphatic hydroxyl groups excluding tert-OH is 1. The van der Waals surface area contributed by atoms with Crippen LogP contribution in [-0.4, -0.2) is 16.0 Å². The van der Waals surface area contributed by atoms with E-state index in [0.717, 1.165) is 11.1 Å². The van der Waals surface area contributed by atoms with Gasteiger partial charge in [0.15, 0.2) is 0 Å². The van der Waals surface area contributed by atoms with Crippen LogP contribution in [0.5, 0.6) is 0 Å². The number of carbonyl (C=O) groups is 1. The molecule has 2 aromatic rings. The van der Waals surface area contributed by atoms with Crippen molar-refractivity contribution in [2.24, 2.45) is 0 Å². The van der Waals surface area contributed by atoms with Crippen LogP contribution in [0.3, 0.4) is 0 Å². The first-order valence-electron chi connectivity index (χ1n) is 6.10. The standard InChI is InChI=1S/C15H16N2O2/c1-11-14(7-4-8-16-11)15(19)17-9-12-5-2-3-6-13(12)10-18/h2-8,18H,9-10H2,1H3,(H,17,19). The number of benzene rings is 1. The molecule has 4 heteroatoms. The van der Waals surface area contributed by atoms with Crippen molar-refractivity contribution in [1.82, 2.24) is 10.3 Å². The Morgan fingerprint density at radius 2 is 1.95 bits per heavy atom. The minimum atomic E-state index is -0.154. The number of nitrogens with zero attached hydrogens (tertiary/aromatic N) is 1. The maximum absolute atomic E-state index is 12.0. The molecule has 0 spiro atoms. The fourth-order valence-electron chi connectivity index (χ4n) is 1.88. The Labute approximate surface area is 112 Å². The predicted octanol–water partition coefficient (Wildman–Crippen LogP) is 1.81. The molecular formula is C15H16N2O2. The molecular weight excluding hydrogens is 240 g/mol. The number of aryl methyl sites for hydroxylation is 1. The molecule has 0 aliphatic carbocycles. The first-order valence-corrected chi connectivity index (χ1v) is 6.10. The number of pyridine rings is 1. The van der Waals surface area contributed by atoms with Gasteiger partial charge in [-0.3, -0.25) is 9.78 Å². The van der Waals surface area contributed by atoms with Crippen LogP contribution in [0.1, 0.15) is 27.2 Å². The summed E-state index contributed by atoms with van der Waals surface area (Å²) in [6.07, 6.45) is 1.66. The third-order valence-corrected chi connectivity index (χ3v) is 2.98. The van der Waals surface area contributed by atoms with Gasteiger partial charge in [0.1, 0.15) is 0 Å². The third-order valence-electron chi connectivity index (χ3n) is 2.98. The summed E-state index contributed by atoms with van der Waals surface area (Å²) in [5.74, 6) is -0.154. The maximum Gasteiger partial charge on any atom is 0.253 e. The van der Waals surface area contributed by atoms with E-state index >= 15 is 0 Å². The third kappa shape index (κ3) is 3.17. The van der Waals surface area contributed by atoms with Crippen molar-refractivity contribution in [1.29, 1.82) is 0 Å². The monoisotopic (exact) mass is 256 g/mol. The number of hydrogen-bond acceptors (Lipinski definition) is 3. The highest BCUT2D eigenvalue weighted by atomic mass is 16.3. The topological polar surface area (TPSA) is 62.2 Å². The molecule has 19 heavy (non-hydrogen) atoms. The van der Waals surface area contributed by atoms with E-state index in [1.54, 1.807) is 25.3 Å². The SMILES string of the molecule is Cc1ncccc1C(=O)NCc1ccccc1CO. The van der Waals surface area contributed by atoms with Gasteiger partial charge in [0.2, 0.25) is 0 Å². The van der Waals surface area contributed by atoms with Crippen molar-refractivity contribution >= 4 is 5.91 Å². The second-order valence-corrected chi connectivity index (χ2v) is 4.25. The Hall–Kier alpha value is -2.20. The highest BCUT2D eigenvalue weighted by Gasteiger charge is 2.09. The predicted molar refractivity (Wildman–Crippen MR) is 72.5 cm³/mol. The Morgan fingerprint density at radius 3 is 2.63 bits per heavy atom. The Bertz CT molecular complexity index is 582. The van der Waals surface area contributed by atoms with E-state index in [1.807, 2.05) is 24.3 Å². The van der Waals surface area contributed by atoms with Gasteiger partial charge in [0.25, 0.3) is 5.91 Å². The Morgan fingerprint density at radius 1 is 1.21 bits per heavy atom. The molecule has 0 saturated carbocycles. The Kier molecular flexibility index (Phi) is 4.26. The Balaban J connectivity index is 2.07. The van der Waals surface area contributed by atoms with E-state index in [2.05, 4.69) is 10.3 Å². The van der Waals surface area contributed by atoms with Crippen LogP contribution in [-0.2, 0) is 13.2 Å². The van der Waals surface area contributed by atoms with E-state index in [1.165, 1.54) is 0 Å². The van der Waals surface area contributed by atoms with Crippen molar-refractivity contribution in [3.63, 3.8) is 0 Å². The number of carbonyl (C=O) groups excluding carboxylic acids is 1. The highest BCUT2D eigenvalue weighted by Crippen LogP contribution is 2.09. The zero-order valence-corrected chi connectivity index (χ0v) is 10.8. The molecule has 0 saturated heterocycles. The van der Waals surface area contributed by atoms with Gasteiger partial charge in [-0.15, -0.1) is 0 Å². The molecule has 1 heterocycles. The van der Waals surface area contributed by atoms with Crippen LogP contribution in [0.25, 0.3) is 0 Å². The minimum absolute atomic E-state index is 0.0298. The van der Waals surface area contributed by atoms with Gasteiger partial charge in [0.05, 0.1) is 12.2 Å². The average molecular weight is 256 g/mol. The number of amides is 1. The summed E-state index contributed by atoms with van der Waals surface area (Å²) in [4.78, 5) is 16.1. The van der Waals surface area contributed by atoms with Crippen LogP contribution in [0.2, 0.25) is 0 Å². The summed E-state index contributed by atoms with van der Waals surface area (Å²) in [6, 6.07) is 11.0. The van der Waals surface area contributed by atoms with Crippen molar-refractivity contribution in [3.05, 3.63) is 65.0 Å². The summed E-state index contributed by atoms with van der Waals surface area (Å²) in [5.41, 5.74) is 3.02. The van der Waals surface area contributed by atoms with E-state index in [0.29, 0.717) is 17.8 Å². The molecule has 0 atom stereocenters. The molecule has 1 aromatic carbocycles. The van der Waals surface area contributed by atoms with Crippen molar-refractivity contribution < 1.29 is 9.90 Å². The summed E-state index contributed by atoms with van der Waals surface area (Å²) < 4.78 is 0. The van der Waals surface area contributed by atoms with Gasteiger partial charge in [-0.1, -0.05) is 24.3 Å². The smallest absolute Gasteiger partial charge is 0.253 e. The lowest BCUT2D eigenvalue weighted by Crippen LogP contribution is -2.24. The second kappa shape index (κ2) is 6.11. The van der Waals surface area contributed by atoms with Gasteiger partial charge in [-0.2, -0.15) is 0 Å². The highest BCUT2D eigenvalue weighted by molar-refractivity contribution is 5.95. The van der Waals surface area contributed by atoms with Crippen LogP contribution < -0.4 is 5.32 Å². The molecule has 0 radical (unpaired) electrons. The van der Waals surface area contributed by atoms with Gasteiger partial charge in [-0.25, -0.2) is 0 Å². The lowest BCUT2D eigenvalue weighted by molar-refractivity contribution is 0.0949. The number of rotatable bonds is 4. The first-order chi connectivity index (χ1) is 9.22. The molecule has 0 bridgehead atoms. The molecule has 2 rings (SSSR count). The van der Waals surface area contributed by atoms with Gasteiger partial charge >= 0.3 is 0 Å². The molecule has 0 unspecified atom stereocenters. The molecule has 1 aromatic heterocycles. The van der Waals surface area contributed by atoms with Gasteiger partial charge < -0.3 is 10.4 Å².